The van der Waals surface area contributed by atoms with E-state index in [1.807, 2.05) is 30.3 Å². The van der Waals surface area contributed by atoms with Gasteiger partial charge in [0, 0.05) is 6.08 Å². The molecule has 0 fully saturated rings. The highest BCUT2D eigenvalue weighted by Crippen LogP contribution is 2.11. The van der Waals surface area contributed by atoms with Gasteiger partial charge in [0.2, 0.25) is 0 Å². The lowest BCUT2D eigenvalue weighted by Gasteiger charge is -1.91. The van der Waals surface area contributed by atoms with Gasteiger partial charge in [0.05, 0.1) is 5.57 Å². The standard InChI is InChI=1S/C12H8O3/c13-11-8-10(12(14)15-11)7-6-9-4-2-1-3-5-9/h1-8H/b7-6+. The lowest BCUT2D eigenvalue weighted by atomic mass is 10.1. The van der Waals surface area contributed by atoms with Gasteiger partial charge in [0.1, 0.15) is 0 Å². The average Bonchev–Trinajstić information content (AvgIpc) is 2.56. The maximum atomic E-state index is 11.0. The van der Waals surface area contributed by atoms with Crippen molar-refractivity contribution in [3.05, 3.63) is 53.6 Å². The lowest BCUT2D eigenvalue weighted by molar-refractivity contribution is -0.150. The molecule has 0 bridgehead atoms. The fourth-order valence-corrected chi connectivity index (χ4v) is 1.23. The van der Waals surface area contributed by atoms with Crippen LogP contribution in [0.15, 0.2) is 48.1 Å². The van der Waals surface area contributed by atoms with Gasteiger partial charge in [-0.2, -0.15) is 0 Å². The molecule has 0 amide bonds. The second kappa shape index (κ2) is 3.92. The zero-order valence-corrected chi connectivity index (χ0v) is 7.84. The van der Waals surface area contributed by atoms with E-state index in [2.05, 4.69) is 4.74 Å². The maximum absolute atomic E-state index is 11.0. The van der Waals surface area contributed by atoms with Gasteiger partial charge in [-0.1, -0.05) is 36.4 Å². The summed E-state index contributed by atoms with van der Waals surface area (Å²) < 4.78 is 4.34. The number of ether oxygens (including phenoxy) is 1. The minimum absolute atomic E-state index is 0.281. The minimum atomic E-state index is -0.604. The third kappa shape index (κ3) is 2.20. The summed E-state index contributed by atoms with van der Waals surface area (Å²) in [4.78, 5) is 21.8. The molecular formula is C12H8O3. The third-order valence-corrected chi connectivity index (χ3v) is 1.96. The van der Waals surface area contributed by atoms with Gasteiger partial charge in [-0.15, -0.1) is 0 Å². The zero-order valence-electron chi connectivity index (χ0n) is 7.84. The summed E-state index contributed by atoms with van der Waals surface area (Å²) in [5.41, 5.74) is 1.24. The Balaban J connectivity index is 2.16. The number of cyclic esters (lactones) is 2. The Morgan fingerprint density at radius 3 is 2.33 bits per heavy atom. The van der Waals surface area contributed by atoms with Crippen LogP contribution in [-0.4, -0.2) is 11.9 Å². The Morgan fingerprint density at radius 2 is 1.73 bits per heavy atom. The Kier molecular flexibility index (Phi) is 2.46. The molecular weight excluding hydrogens is 192 g/mol. The molecule has 3 heteroatoms. The molecule has 15 heavy (non-hydrogen) atoms. The van der Waals surface area contributed by atoms with Gasteiger partial charge >= 0.3 is 11.9 Å². The van der Waals surface area contributed by atoms with E-state index >= 15 is 0 Å². The monoisotopic (exact) mass is 200 g/mol. The van der Waals surface area contributed by atoms with Crippen LogP contribution in [0.2, 0.25) is 0 Å². The Bertz CT molecular complexity index is 455. The first-order chi connectivity index (χ1) is 7.25. The number of benzene rings is 1. The van der Waals surface area contributed by atoms with Gasteiger partial charge in [-0.3, -0.25) is 0 Å². The smallest absolute Gasteiger partial charge is 0.346 e. The highest BCUT2D eigenvalue weighted by molar-refractivity contribution is 6.10. The highest BCUT2D eigenvalue weighted by atomic mass is 16.6. The van der Waals surface area contributed by atoms with Gasteiger partial charge in [0.15, 0.2) is 0 Å². The van der Waals surface area contributed by atoms with Crippen molar-refractivity contribution in [2.75, 3.05) is 0 Å². The fourth-order valence-electron chi connectivity index (χ4n) is 1.23. The Hall–Kier alpha value is -2.16. The predicted molar refractivity (Wildman–Crippen MR) is 54.7 cm³/mol. The fraction of sp³-hybridized carbons (Fsp3) is 0. The molecule has 0 aliphatic carbocycles. The number of rotatable bonds is 2. The molecule has 1 heterocycles. The largest absolute Gasteiger partial charge is 0.386 e. The van der Waals surface area contributed by atoms with Crippen molar-refractivity contribution in [3.8, 4) is 0 Å². The van der Waals surface area contributed by atoms with Crippen LogP contribution in [0.1, 0.15) is 5.56 Å². The molecule has 1 aromatic rings. The summed E-state index contributed by atoms with van der Waals surface area (Å²) in [6, 6.07) is 9.50. The first-order valence-corrected chi connectivity index (χ1v) is 4.47. The third-order valence-electron chi connectivity index (χ3n) is 1.96. The second-order valence-corrected chi connectivity index (χ2v) is 3.05. The van der Waals surface area contributed by atoms with E-state index in [4.69, 9.17) is 0 Å². The zero-order chi connectivity index (χ0) is 10.7. The Labute approximate surface area is 86.7 Å². The minimum Gasteiger partial charge on any atom is -0.386 e. The number of esters is 2. The molecule has 3 nitrogen and oxygen atoms in total. The number of hydrogen-bond acceptors (Lipinski definition) is 3. The SMILES string of the molecule is O=C1C=C(/C=C/c2ccccc2)C(=O)O1. The molecule has 0 unspecified atom stereocenters. The van der Waals surface area contributed by atoms with Crippen LogP contribution in [-0.2, 0) is 14.3 Å². The van der Waals surface area contributed by atoms with E-state index in [1.165, 1.54) is 6.08 Å². The number of hydrogen-bond donors (Lipinski definition) is 0. The molecule has 2 rings (SSSR count). The van der Waals surface area contributed by atoms with E-state index in [0.717, 1.165) is 5.56 Å². The van der Waals surface area contributed by atoms with Crippen molar-refractivity contribution in [2.45, 2.75) is 0 Å². The van der Waals surface area contributed by atoms with E-state index in [9.17, 15) is 9.59 Å². The van der Waals surface area contributed by atoms with E-state index in [-0.39, 0.29) is 5.57 Å². The lowest BCUT2D eigenvalue weighted by Crippen LogP contribution is -2.00. The molecule has 0 radical (unpaired) electrons. The van der Waals surface area contributed by atoms with Crippen LogP contribution in [0.4, 0.5) is 0 Å². The molecule has 0 N–H and O–H groups in total. The van der Waals surface area contributed by atoms with Crippen molar-refractivity contribution in [2.24, 2.45) is 0 Å². The molecule has 1 aliphatic rings. The van der Waals surface area contributed by atoms with Crippen molar-refractivity contribution < 1.29 is 14.3 Å². The summed E-state index contributed by atoms with van der Waals surface area (Å²) in [6.07, 6.45) is 4.51. The van der Waals surface area contributed by atoms with Gasteiger partial charge < -0.3 is 4.74 Å². The Morgan fingerprint density at radius 1 is 1.00 bits per heavy atom. The van der Waals surface area contributed by atoms with Crippen molar-refractivity contribution in [3.63, 3.8) is 0 Å². The topological polar surface area (TPSA) is 43.4 Å². The normalized spacial score (nSPS) is 15.6. The second-order valence-electron chi connectivity index (χ2n) is 3.05. The van der Waals surface area contributed by atoms with E-state index in [1.54, 1.807) is 12.2 Å². The average molecular weight is 200 g/mol. The first-order valence-electron chi connectivity index (χ1n) is 4.47. The van der Waals surface area contributed by atoms with Crippen LogP contribution in [0.3, 0.4) is 0 Å². The molecule has 0 atom stereocenters. The summed E-state index contributed by atoms with van der Waals surface area (Å²) in [7, 11) is 0. The number of carbonyl (C=O) groups is 2. The molecule has 1 aliphatic heterocycles. The van der Waals surface area contributed by atoms with Crippen LogP contribution in [0.5, 0.6) is 0 Å². The van der Waals surface area contributed by atoms with Gasteiger partial charge in [0.25, 0.3) is 0 Å². The molecule has 0 spiro atoms. The molecule has 0 saturated heterocycles. The van der Waals surface area contributed by atoms with Crippen molar-refractivity contribution in [1.82, 2.24) is 0 Å². The van der Waals surface area contributed by atoms with Crippen molar-refractivity contribution in [1.29, 1.82) is 0 Å². The maximum Gasteiger partial charge on any atom is 0.346 e. The van der Waals surface area contributed by atoms with Crippen molar-refractivity contribution >= 4 is 18.0 Å². The van der Waals surface area contributed by atoms with E-state index in [0.29, 0.717) is 0 Å². The molecule has 1 aromatic carbocycles. The van der Waals surface area contributed by atoms with E-state index < -0.39 is 11.9 Å². The molecule has 74 valence electrons. The van der Waals surface area contributed by atoms with Crippen LogP contribution >= 0.6 is 0 Å². The molecule has 0 aromatic heterocycles. The van der Waals surface area contributed by atoms with Crippen LogP contribution in [0, 0.1) is 0 Å². The quantitative estimate of drug-likeness (QED) is 0.539. The summed E-state index contributed by atoms with van der Waals surface area (Å²) in [5, 5.41) is 0. The van der Waals surface area contributed by atoms with Gasteiger partial charge in [-0.05, 0) is 11.6 Å². The molecule has 0 saturated carbocycles. The highest BCUT2D eigenvalue weighted by Gasteiger charge is 2.20. The van der Waals surface area contributed by atoms with Crippen LogP contribution in [0.25, 0.3) is 6.08 Å². The van der Waals surface area contributed by atoms with Gasteiger partial charge in [-0.25, -0.2) is 9.59 Å². The summed E-state index contributed by atoms with van der Waals surface area (Å²) >= 11 is 0. The predicted octanol–water partition coefficient (Wildman–Crippen LogP) is 1.71. The first kappa shape index (κ1) is 9.40. The number of carbonyl (C=O) groups excluding carboxylic acids is 2. The summed E-state index contributed by atoms with van der Waals surface area (Å²) in [5.74, 6) is -1.19. The summed E-state index contributed by atoms with van der Waals surface area (Å²) in [6.45, 7) is 0. The van der Waals surface area contributed by atoms with Crippen LogP contribution < -0.4 is 0 Å².